The quantitative estimate of drug-likeness (QED) is 0.851. The van der Waals surface area contributed by atoms with E-state index in [4.69, 9.17) is 0 Å². The number of carbonyl (C=O) groups is 1. The summed E-state index contributed by atoms with van der Waals surface area (Å²) in [4.78, 5) is 15.0. The Labute approximate surface area is 123 Å². The van der Waals surface area contributed by atoms with Crippen molar-refractivity contribution >= 4 is 18.3 Å². The van der Waals surface area contributed by atoms with Crippen LogP contribution in [0.15, 0.2) is 0 Å². The Morgan fingerprint density at radius 1 is 1.30 bits per heavy atom. The van der Waals surface area contributed by atoms with Crippen LogP contribution in [-0.2, 0) is 4.79 Å². The van der Waals surface area contributed by atoms with Crippen molar-refractivity contribution < 1.29 is 18.0 Å². The molecule has 2 aliphatic rings. The highest BCUT2D eigenvalue weighted by atomic mass is 35.5. The number of piperidine rings is 1. The summed E-state index contributed by atoms with van der Waals surface area (Å²) in [5.41, 5.74) is 0. The molecule has 2 rings (SSSR count). The van der Waals surface area contributed by atoms with Gasteiger partial charge in [0.1, 0.15) is 6.54 Å². The van der Waals surface area contributed by atoms with Gasteiger partial charge in [-0.05, 0) is 32.9 Å². The molecule has 1 amide bonds. The fourth-order valence-corrected chi connectivity index (χ4v) is 2.96. The average Bonchev–Trinajstić information content (AvgIpc) is 2.69. The minimum absolute atomic E-state index is 0. The van der Waals surface area contributed by atoms with Crippen LogP contribution < -0.4 is 5.32 Å². The second kappa shape index (κ2) is 6.95. The van der Waals surface area contributed by atoms with Crippen molar-refractivity contribution in [3.05, 3.63) is 0 Å². The second-order valence-corrected chi connectivity index (χ2v) is 5.30. The van der Waals surface area contributed by atoms with E-state index in [9.17, 15) is 18.0 Å². The van der Waals surface area contributed by atoms with E-state index in [1.807, 2.05) is 11.9 Å². The number of halogens is 4. The SMILES string of the molecule is CNC1CCCN(C2CCN(CC(F)(F)F)C2=O)C1.Cl. The first kappa shape index (κ1) is 17.5. The second-order valence-electron chi connectivity index (χ2n) is 5.30. The first-order valence-corrected chi connectivity index (χ1v) is 6.67. The lowest BCUT2D eigenvalue weighted by atomic mass is 10.0. The van der Waals surface area contributed by atoms with Gasteiger partial charge in [-0.1, -0.05) is 0 Å². The molecule has 0 saturated carbocycles. The Bertz CT molecular complexity index is 340. The molecule has 20 heavy (non-hydrogen) atoms. The molecule has 0 aromatic rings. The van der Waals surface area contributed by atoms with Gasteiger partial charge in [0.25, 0.3) is 0 Å². The monoisotopic (exact) mass is 315 g/mol. The lowest BCUT2D eigenvalue weighted by molar-refractivity contribution is -0.159. The third-order valence-corrected chi connectivity index (χ3v) is 3.94. The van der Waals surface area contributed by atoms with Gasteiger partial charge in [-0.2, -0.15) is 13.2 Å². The molecule has 1 N–H and O–H groups in total. The zero-order chi connectivity index (χ0) is 14.0. The number of hydrogen-bond donors (Lipinski definition) is 1. The number of rotatable bonds is 3. The highest BCUT2D eigenvalue weighted by Crippen LogP contribution is 2.25. The van der Waals surface area contributed by atoms with Crippen molar-refractivity contribution in [2.75, 3.05) is 33.2 Å². The molecule has 118 valence electrons. The maximum atomic E-state index is 12.3. The van der Waals surface area contributed by atoms with Crippen LogP contribution in [0.4, 0.5) is 13.2 Å². The zero-order valence-electron chi connectivity index (χ0n) is 11.4. The van der Waals surface area contributed by atoms with Crippen molar-refractivity contribution in [2.24, 2.45) is 0 Å². The van der Waals surface area contributed by atoms with Crippen molar-refractivity contribution in [2.45, 2.75) is 37.5 Å². The molecule has 2 saturated heterocycles. The van der Waals surface area contributed by atoms with E-state index < -0.39 is 12.7 Å². The highest BCUT2D eigenvalue weighted by Gasteiger charge is 2.42. The molecule has 0 bridgehead atoms. The van der Waals surface area contributed by atoms with Gasteiger partial charge < -0.3 is 10.2 Å². The summed E-state index contributed by atoms with van der Waals surface area (Å²) in [6, 6.07) is -0.0308. The molecular weight excluding hydrogens is 295 g/mol. The van der Waals surface area contributed by atoms with Crippen LogP contribution in [0.1, 0.15) is 19.3 Å². The fourth-order valence-electron chi connectivity index (χ4n) is 2.96. The number of nitrogens with one attached hydrogen (secondary N) is 1. The summed E-state index contributed by atoms with van der Waals surface area (Å²) in [7, 11) is 1.88. The minimum atomic E-state index is -4.31. The first-order chi connectivity index (χ1) is 8.90. The predicted molar refractivity (Wildman–Crippen MR) is 71.9 cm³/mol. The number of hydrogen-bond acceptors (Lipinski definition) is 3. The summed E-state index contributed by atoms with van der Waals surface area (Å²) in [6.07, 6.45) is -1.76. The van der Waals surface area contributed by atoms with Crippen LogP contribution in [0.3, 0.4) is 0 Å². The van der Waals surface area contributed by atoms with Crippen LogP contribution in [0.5, 0.6) is 0 Å². The van der Waals surface area contributed by atoms with Crippen molar-refractivity contribution in [1.29, 1.82) is 0 Å². The standard InChI is InChI=1S/C12H20F3N3O.ClH/c1-16-9-3-2-5-17(7-9)10-4-6-18(11(10)19)8-12(13,14)15;/h9-10,16H,2-8H2,1H3;1H. The van der Waals surface area contributed by atoms with Crippen molar-refractivity contribution in [1.82, 2.24) is 15.1 Å². The van der Waals surface area contributed by atoms with E-state index in [0.29, 0.717) is 12.5 Å². The van der Waals surface area contributed by atoms with Crippen molar-refractivity contribution in [3.63, 3.8) is 0 Å². The largest absolute Gasteiger partial charge is 0.406 e. The summed E-state index contributed by atoms with van der Waals surface area (Å²) >= 11 is 0. The highest BCUT2D eigenvalue weighted by molar-refractivity contribution is 5.85. The van der Waals surface area contributed by atoms with E-state index in [0.717, 1.165) is 30.8 Å². The van der Waals surface area contributed by atoms with E-state index in [-0.39, 0.29) is 30.9 Å². The molecule has 2 heterocycles. The molecule has 0 spiro atoms. The van der Waals surface area contributed by atoms with Crippen LogP contribution in [0.2, 0.25) is 0 Å². The number of carbonyl (C=O) groups excluding carboxylic acids is 1. The normalized spacial score (nSPS) is 28.6. The van der Waals surface area contributed by atoms with E-state index in [2.05, 4.69) is 5.32 Å². The predicted octanol–water partition coefficient (Wildman–Crippen LogP) is 1.26. The molecule has 2 atom stereocenters. The Morgan fingerprint density at radius 2 is 2.00 bits per heavy atom. The van der Waals surface area contributed by atoms with Crippen molar-refractivity contribution in [3.8, 4) is 0 Å². The van der Waals surface area contributed by atoms with Gasteiger partial charge >= 0.3 is 6.18 Å². The van der Waals surface area contributed by atoms with Gasteiger partial charge in [-0.3, -0.25) is 9.69 Å². The Balaban J connectivity index is 0.00000200. The number of amides is 1. The van der Waals surface area contributed by atoms with E-state index >= 15 is 0 Å². The lowest BCUT2D eigenvalue weighted by Crippen LogP contribution is -2.51. The molecule has 0 radical (unpaired) electrons. The third-order valence-electron chi connectivity index (χ3n) is 3.94. The summed E-state index contributed by atoms with van der Waals surface area (Å²) in [5, 5.41) is 3.18. The average molecular weight is 316 g/mol. The lowest BCUT2D eigenvalue weighted by Gasteiger charge is -2.35. The summed E-state index contributed by atoms with van der Waals surface area (Å²) in [5.74, 6) is -0.367. The molecular formula is C12H21ClF3N3O. The van der Waals surface area contributed by atoms with Crippen LogP contribution in [-0.4, -0.2) is 67.2 Å². The van der Waals surface area contributed by atoms with Gasteiger partial charge in [-0.15, -0.1) is 12.4 Å². The fraction of sp³-hybridized carbons (Fsp3) is 0.917. The molecule has 8 heteroatoms. The number of likely N-dealkylation sites (tertiary alicyclic amines) is 2. The molecule has 2 fully saturated rings. The van der Waals surface area contributed by atoms with Gasteiger partial charge in [0, 0.05) is 19.1 Å². The maximum Gasteiger partial charge on any atom is 0.406 e. The topological polar surface area (TPSA) is 35.6 Å². The van der Waals surface area contributed by atoms with Gasteiger partial charge in [-0.25, -0.2) is 0 Å². The molecule has 2 unspecified atom stereocenters. The first-order valence-electron chi connectivity index (χ1n) is 6.67. The van der Waals surface area contributed by atoms with E-state index in [1.165, 1.54) is 0 Å². The number of nitrogens with zero attached hydrogens (tertiary/aromatic N) is 2. The van der Waals surface area contributed by atoms with E-state index in [1.54, 1.807) is 0 Å². The molecule has 0 aromatic carbocycles. The zero-order valence-corrected chi connectivity index (χ0v) is 12.3. The Kier molecular flexibility index (Phi) is 6.09. The van der Waals surface area contributed by atoms with Gasteiger partial charge in [0.2, 0.25) is 5.91 Å². The molecule has 0 aromatic heterocycles. The maximum absolute atomic E-state index is 12.3. The Hall–Kier alpha value is -0.530. The summed E-state index contributed by atoms with van der Waals surface area (Å²) < 4.78 is 37.0. The molecule has 2 aliphatic heterocycles. The molecule has 4 nitrogen and oxygen atoms in total. The van der Waals surface area contributed by atoms with Crippen LogP contribution in [0.25, 0.3) is 0 Å². The van der Waals surface area contributed by atoms with Crippen LogP contribution in [0, 0.1) is 0 Å². The smallest absolute Gasteiger partial charge is 0.332 e. The molecule has 0 aliphatic carbocycles. The van der Waals surface area contributed by atoms with Gasteiger partial charge in [0.15, 0.2) is 0 Å². The van der Waals surface area contributed by atoms with Gasteiger partial charge in [0.05, 0.1) is 6.04 Å². The third kappa shape index (κ3) is 4.23. The minimum Gasteiger partial charge on any atom is -0.332 e. The number of alkyl halides is 3. The van der Waals surface area contributed by atoms with Crippen LogP contribution >= 0.6 is 12.4 Å². The summed E-state index contributed by atoms with van der Waals surface area (Å²) in [6.45, 7) is 0.635. The number of likely N-dealkylation sites (N-methyl/N-ethyl adjacent to an activating group) is 1. The Morgan fingerprint density at radius 3 is 2.60 bits per heavy atom.